The van der Waals surface area contributed by atoms with E-state index in [1.165, 1.54) is 24.5 Å². The molecular weight excluding hydrogens is 328 g/mol. The Morgan fingerprint density at radius 2 is 2.05 bits per heavy atom. The SMILES string of the molecule is CCOC(=O)c1cc(Br)ccc1OC(=O)c1ccco1. The molecule has 0 atom stereocenters. The van der Waals surface area contributed by atoms with Gasteiger partial charge < -0.3 is 13.9 Å². The summed E-state index contributed by atoms with van der Waals surface area (Å²) < 4.78 is 15.7. The Morgan fingerprint density at radius 1 is 1.25 bits per heavy atom. The van der Waals surface area contributed by atoms with Crippen molar-refractivity contribution in [3.05, 3.63) is 52.4 Å². The Kier molecular flexibility index (Phi) is 4.57. The third-order valence-electron chi connectivity index (χ3n) is 2.36. The standard InChI is InChI=1S/C14H11BrO5/c1-2-18-13(16)10-8-9(15)5-6-11(10)20-14(17)12-4-3-7-19-12/h3-8H,2H2,1H3. The second-order valence-electron chi connectivity index (χ2n) is 3.73. The zero-order valence-corrected chi connectivity index (χ0v) is 12.2. The van der Waals surface area contributed by atoms with Gasteiger partial charge in [-0.2, -0.15) is 0 Å². The lowest BCUT2D eigenvalue weighted by atomic mass is 10.2. The van der Waals surface area contributed by atoms with Crippen molar-refractivity contribution >= 4 is 27.9 Å². The number of esters is 2. The fourth-order valence-corrected chi connectivity index (χ4v) is 1.87. The minimum absolute atomic E-state index is 0.0581. The summed E-state index contributed by atoms with van der Waals surface area (Å²) >= 11 is 3.25. The van der Waals surface area contributed by atoms with Crippen LogP contribution in [-0.4, -0.2) is 18.5 Å². The number of rotatable bonds is 4. The first-order valence-electron chi connectivity index (χ1n) is 5.84. The van der Waals surface area contributed by atoms with Crippen LogP contribution in [0.3, 0.4) is 0 Å². The topological polar surface area (TPSA) is 65.7 Å². The van der Waals surface area contributed by atoms with E-state index in [0.717, 1.165) is 0 Å². The van der Waals surface area contributed by atoms with Gasteiger partial charge in [-0.25, -0.2) is 9.59 Å². The smallest absolute Gasteiger partial charge is 0.379 e. The fourth-order valence-electron chi connectivity index (χ4n) is 1.50. The van der Waals surface area contributed by atoms with Crippen LogP contribution in [0, 0.1) is 0 Å². The molecule has 20 heavy (non-hydrogen) atoms. The van der Waals surface area contributed by atoms with Gasteiger partial charge in [-0.15, -0.1) is 0 Å². The van der Waals surface area contributed by atoms with E-state index in [-0.39, 0.29) is 23.7 Å². The van der Waals surface area contributed by atoms with E-state index >= 15 is 0 Å². The summed E-state index contributed by atoms with van der Waals surface area (Å²) in [4.78, 5) is 23.6. The van der Waals surface area contributed by atoms with Crippen LogP contribution in [-0.2, 0) is 4.74 Å². The Hall–Kier alpha value is -2.08. The molecule has 0 amide bonds. The number of carbonyl (C=O) groups excluding carboxylic acids is 2. The van der Waals surface area contributed by atoms with Gasteiger partial charge in [0.15, 0.2) is 0 Å². The molecular formula is C14H11BrO5. The van der Waals surface area contributed by atoms with E-state index in [0.29, 0.717) is 4.47 Å². The van der Waals surface area contributed by atoms with Crippen LogP contribution in [0.2, 0.25) is 0 Å². The summed E-state index contributed by atoms with van der Waals surface area (Å²) in [6.45, 7) is 1.93. The second-order valence-corrected chi connectivity index (χ2v) is 4.64. The van der Waals surface area contributed by atoms with Crippen molar-refractivity contribution in [2.45, 2.75) is 6.92 Å². The number of ether oxygens (including phenoxy) is 2. The minimum atomic E-state index is -0.678. The second kappa shape index (κ2) is 6.38. The average Bonchev–Trinajstić information content (AvgIpc) is 2.95. The van der Waals surface area contributed by atoms with Crippen molar-refractivity contribution in [3.8, 4) is 5.75 Å². The van der Waals surface area contributed by atoms with E-state index in [4.69, 9.17) is 13.9 Å². The van der Waals surface area contributed by atoms with E-state index in [1.807, 2.05) is 0 Å². The van der Waals surface area contributed by atoms with Crippen LogP contribution in [0.5, 0.6) is 5.75 Å². The summed E-state index contributed by atoms with van der Waals surface area (Å²) in [5, 5.41) is 0. The highest BCUT2D eigenvalue weighted by atomic mass is 79.9. The first-order valence-corrected chi connectivity index (χ1v) is 6.63. The molecule has 0 aliphatic carbocycles. The van der Waals surface area contributed by atoms with Crippen molar-refractivity contribution in [2.75, 3.05) is 6.61 Å². The highest BCUT2D eigenvalue weighted by molar-refractivity contribution is 9.10. The normalized spacial score (nSPS) is 10.1. The zero-order valence-electron chi connectivity index (χ0n) is 10.6. The number of hydrogen-bond acceptors (Lipinski definition) is 5. The van der Waals surface area contributed by atoms with Crippen molar-refractivity contribution in [1.29, 1.82) is 0 Å². The lowest BCUT2D eigenvalue weighted by molar-refractivity contribution is 0.0519. The van der Waals surface area contributed by atoms with E-state index in [1.54, 1.807) is 19.1 Å². The molecule has 5 nitrogen and oxygen atoms in total. The average molecular weight is 339 g/mol. The van der Waals surface area contributed by atoms with Crippen LogP contribution in [0.1, 0.15) is 27.8 Å². The fraction of sp³-hybridized carbons (Fsp3) is 0.143. The van der Waals surface area contributed by atoms with Gasteiger partial charge >= 0.3 is 11.9 Å². The summed E-state index contributed by atoms with van der Waals surface area (Å²) in [6.07, 6.45) is 1.37. The Balaban J connectivity index is 2.27. The van der Waals surface area contributed by atoms with Gasteiger partial charge in [0.05, 0.1) is 12.9 Å². The van der Waals surface area contributed by atoms with Crippen LogP contribution < -0.4 is 4.74 Å². The molecule has 1 aromatic carbocycles. The van der Waals surface area contributed by atoms with Gasteiger partial charge in [-0.3, -0.25) is 0 Å². The highest BCUT2D eigenvalue weighted by Crippen LogP contribution is 2.25. The number of furan rings is 1. The largest absolute Gasteiger partial charge is 0.462 e. The van der Waals surface area contributed by atoms with Crippen LogP contribution in [0.25, 0.3) is 0 Å². The molecule has 0 aliphatic heterocycles. The Bertz CT molecular complexity index is 618. The maximum atomic E-state index is 11.8. The molecule has 104 valence electrons. The monoisotopic (exact) mass is 338 g/mol. The predicted octanol–water partition coefficient (Wildman–Crippen LogP) is 3.44. The van der Waals surface area contributed by atoms with Crippen LogP contribution >= 0.6 is 15.9 Å². The Labute approximate surface area is 123 Å². The molecule has 0 aliphatic rings. The quantitative estimate of drug-likeness (QED) is 0.631. The van der Waals surface area contributed by atoms with Gasteiger partial charge in [0, 0.05) is 4.47 Å². The minimum Gasteiger partial charge on any atom is -0.462 e. The number of halogens is 1. The first-order chi connectivity index (χ1) is 9.61. The molecule has 2 rings (SSSR count). The first kappa shape index (κ1) is 14.3. The molecule has 1 heterocycles. The van der Waals surface area contributed by atoms with Crippen LogP contribution in [0.15, 0.2) is 45.5 Å². The molecule has 2 aromatic rings. The molecule has 0 N–H and O–H groups in total. The molecule has 0 saturated carbocycles. The van der Waals surface area contributed by atoms with Crippen molar-refractivity contribution in [1.82, 2.24) is 0 Å². The zero-order chi connectivity index (χ0) is 14.5. The Morgan fingerprint density at radius 3 is 2.70 bits per heavy atom. The van der Waals surface area contributed by atoms with E-state index in [9.17, 15) is 9.59 Å². The van der Waals surface area contributed by atoms with E-state index < -0.39 is 11.9 Å². The summed E-state index contributed by atoms with van der Waals surface area (Å²) in [7, 11) is 0. The summed E-state index contributed by atoms with van der Waals surface area (Å²) in [5.41, 5.74) is 0.168. The lowest BCUT2D eigenvalue weighted by Gasteiger charge is -2.09. The van der Waals surface area contributed by atoms with Gasteiger partial charge in [0.25, 0.3) is 0 Å². The lowest BCUT2D eigenvalue weighted by Crippen LogP contribution is -2.12. The third-order valence-corrected chi connectivity index (χ3v) is 2.86. The van der Waals surface area contributed by atoms with Crippen molar-refractivity contribution in [2.24, 2.45) is 0 Å². The predicted molar refractivity (Wildman–Crippen MR) is 73.8 cm³/mol. The van der Waals surface area contributed by atoms with Crippen LogP contribution in [0.4, 0.5) is 0 Å². The van der Waals surface area contributed by atoms with Crippen molar-refractivity contribution in [3.63, 3.8) is 0 Å². The maximum Gasteiger partial charge on any atom is 0.379 e. The number of hydrogen-bond donors (Lipinski definition) is 0. The number of benzene rings is 1. The summed E-state index contributed by atoms with van der Waals surface area (Å²) in [6, 6.07) is 7.75. The molecule has 6 heteroatoms. The van der Waals surface area contributed by atoms with E-state index in [2.05, 4.69) is 15.9 Å². The molecule has 0 radical (unpaired) electrons. The maximum absolute atomic E-state index is 11.8. The van der Waals surface area contributed by atoms with Gasteiger partial charge in [-0.05, 0) is 37.3 Å². The van der Waals surface area contributed by atoms with Gasteiger partial charge in [0.2, 0.25) is 5.76 Å². The highest BCUT2D eigenvalue weighted by Gasteiger charge is 2.19. The summed E-state index contributed by atoms with van der Waals surface area (Å²) in [5.74, 6) is -1.06. The molecule has 0 spiro atoms. The van der Waals surface area contributed by atoms with Gasteiger partial charge in [0.1, 0.15) is 11.3 Å². The molecule has 0 unspecified atom stereocenters. The third kappa shape index (κ3) is 3.27. The number of carbonyl (C=O) groups is 2. The molecule has 0 bridgehead atoms. The molecule has 0 fully saturated rings. The van der Waals surface area contributed by atoms with Crippen molar-refractivity contribution < 1.29 is 23.5 Å². The van der Waals surface area contributed by atoms with Gasteiger partial charge in [-0.1, -0.05) is 15.9 Å². The molecule has 0 saturated heterocycles. The molecule has 1 aromatic heterocycles.